The molecule has 1 aromatic heterocycles. The molecule has 1 saturated carbocycles. The van der Waals surface area contributed by atoms with Gasteiger partial charge in [0.15, 0.2) is 0 Å². The SMILES string of the molecule is CC(C)(C)c1cccc(O[C@H]2CC[C@H](c3nnc4n3C3C=CC(Cl)=CC3CNC4)CC2)c1. The van der Waals surface area contributed by atoms with E-state index in [0.717, 1.165) is 61.2 Å². The molecule has 2 unspecified atom stereocenters. The molecular weight excluding hydrogens is 420 g/mol. The van der Waals surface area contributed by atoms with Gasteiger partial charge in [-0.3, -0.25) is 0 Å². The number of halogens is 1. The second-order valence-electron chi connectivity index (χ2n) is 10.4. The van der Waals surface area contributed by atoms with Gasteiger partial charge >= 0.3 is 0 Å². The quantitative estimate of drug-likeness (QED) is 0.655. The van der Waals surface area contributed by atoms with Gasteiger partial charge in [0.1, 0.15) is 17.4 Å². The summed E-state index contributed by atoms with van der Waals surface area (Å²) in [5.41, 5.74) is 1.44. The average molecular weight is 453 g/mol. The van der Waals surface area contributed by atoms with Crippen LogP contribution >= 0.6 is 11.6 Å². The van der Waals surface area contributed by atoms with Crippen molar-refractivity contribution in [1.82, 2.24) is 20.1 Å². The highest BCUT2D eigenvalue weighted by molar-refractivity contribution is 6.31. The number of hydrogen-bond acceptors (Lipinski definition) is 4. The molecule has 1 aliphatic heterocycles. The summed E-state index contributed by atoms with van der Waals surface area (Å²) in [6, 6.07) is 8.81. The van der Waals surface area contributed by atoms with E-state index in [9.17, 15) is 0 Å². The van der Waals surface area contributed by atoms with Crippen LogP contribution in [0, 0.1) is 5.92 Å². The highest BCUT2D eigenvalue weighted by Gasteiger charge is 2.34. The molecule has 2 atom stereocenters. The number of fused-ring (bicyclic) bond motifs is 3. The summed E-state index contributed by atoms with van der Waals surface area (Å²) >= 11 is 6.29. The normalized spacial score (nSPS) is 27.8. The summed E-state index contributed by atoms with van der Waals surface area (Å²) in [4.78, 5) is 0. The van der Waals surface area contributed by atoms with E-state index in [1.165, 1.54) is 5.56 Å². The minimum atomic E-state index is 0.127. The fraction of sp³-hybridized carbons (Fsp3) is 0.538. The molecule has 32 heavy (non-hydrogen) atoms. The summed E-state index contributed by atoms with van der Waals surface area (Å²) in [6.45, 7) is 8.38. The highest BCUT2D eigenvalue weighted by atomic mass is 35.5. The molecule has 6 heteroatoms. The molecule has 0 amide bonds. The van der Waals surface area contributed by atoms with Crippen LogP contribution in [0.1, 0.15) is 75.6 Å². The molecule has 0 radical (unpaired) electrons. The Morgan fingerprint density at radius 3 is 2.72 bits per heavy atom. The van der Waals surface area contributed by atoms with E-state index in [-0.39, 0.29) is 17.6 Å². The van der Waals surface area contributed by atoms with Crippen molar-refractivity contribution in [3.8, 4) is 5.75 Å². The zero-order chi connectivity index (χ0) is 22.3. The Labute approximate surface area is 195 Å². The summed E-state index contributed by atoms with van der Waals surface area (Å²) < 4.78 is 8.78. The minimum absolute atomic E-state index is 0.127. The minimum Gasteiger partial charge on any atom is -0.490 e. The number of nitrogens with zero attached hydrogens (tertiary/aromatic N) is 3. The lowest BCUT2D eigenvalue weighted by Crippen LogP contribution is -2.28. The number of allylic oxidation sites excluding steroid dienone is 3. The Morgan fingerprint density at radius 2 is 1.94 bits per heavy atom. The van der Waals surface area contributed by atoms with Crippen molar-refractivity contribution in [2.24, 2.45) is 5.92 Å². The van der Waals surface area contributed by atoms with Crippen LogP contribution in [0.15, 0.2) is 47.5 Å². The fourth-order valence-corrected chi connectivity index (χ4v) is 5.46. The second kappa shape index (κ2) is 8.68. The standard InChI is InChI=1S/C26H33ClN4O/c1-26(2,3)19-5-4-6-22(14-19)32-21-10-7-17(8-11-21)25-30-29-24-16-28-15-18-13-20(27)9-12-23(18)31(24)25/h4-6,9,12-14,17-18,21,23,28H,7-8,10-11,15-16H2,1-3H3/t17-,18?,21-,23?. The number of ether oxygens (including phenoxy) is 1. The van der Waals surface area contributed by atoms with Gasteiger partial charge in [0, 0.05) is 23.4 Å². The molecule has 1 N–H and O–H groups in total. The van der Waals surface area contributed by atoms with E-state index >= 15 is 0 Å². The topological polar surface area (TPSA) is 52.0 Å². The average Bonchev–Trinajstić information content (AvgIpc) is 3.09. The first kappa shape index (κ1) is 21.7. The van der Waals surface area contributed by atoms with Gasteiger partial charge in [0.2, 0.25) is 0 Å². The Bertz CT molecular complexity index is 1030. The monoisotopic (exact) mass is 452 g/mol. The van der Waals surface area contributed by atoms with Crippen LogP contribution in [0.3, 0.4) is 0 Å². The first-order valence-corrected chi connectivity index (χ1v) is 12.2. The molecule has 1 aromatic carbocycles. The third-order valence-electron chi connectivity index (χ3n) is 7.06. The molecule has 3 aliphatic rings. The van der Waals surface area contributed by atoms with Crippen LogP contribution in [0.25, 0.3) is 0 Å². The molecule has 5 rings (SSSR count). The number of nitrogens with one attached hydrogen (secondary N) is 1. The van der Waals surface area contributed by atoms with Gasteiger partial charge in [-0.1, -0.05) is 56.7 Å². The molecule has 2 aliphatic carbocycles. The van der Waals surface area contributed by atoms with Crippen molar-refractivity contribution in [3.63, 3.8) is 0 Å². The maximum atomic E-state index is 6.40. The molecule has 170 valence electrons. The number of benzene rings is 1. The smallest absolute Gasteiger partial charge is 0.147 e. The lowest BCUT2D eigenvalue weighted by atomic mass is 9.85. The van der Waals surface area contributed by atoms with Crippen LogP contribution in [0.4, 0.5) is 0 Å². The zero-order valence-corrected chi connectivity index (χ0v) is 20.0. The number of aromatic nitrogens is 3. The molecule has 5 nitrogen and oxygen atoms in total. The lowest BCUT2D eigenvalue weighted by Gasteiger charge is -2.31. The van der Waals surface area contributed by atoms with Crippen LogP contribution in [-0.4, -0.2) is 27.4 Å². The van der Waals surface area contributed by atoms with Crippen LogP contribution in [-0.2, 0) is 12.0 Å². The van der Waals surface area contributed by atoms with E-state index in [4.69, 9.17) is 16.3 Å². The third kappa shape index (κ3) is 4.38. The van der Waals surface area contributed by atoms with Crippen LogP contribution < -0.4 is 10.1 Å². The largest absolute Gasteiger partial charge is 0.490 e. The molecule has 0 saturated heterocycles. The van der Waals surface area contributed by atoms with Gasteiger partial charge in [0.25, 0.3) is 0 Å². The van der Waals surface area contributed by atoms with Gasteiger partial charge in [-0.25, -0.2) is 0 Å². The van der Waals surface area contributed by atoms with Crippen LogP contribution in [0.2, 0.25) is 0 Å². The van der Waals surface area contributed by atoms with Crippen LogP contribution in [0.5, 0.6) is 5.75 Å². The van der Waals surface area contributed by atoms with Crippen molar-refractivity contribution in [2.45, 2.75) is 76.5 Å². The van der Waals surface area contributed by atoms with Gasteiger partial charge < -0.3 is 14.6 Å². The Hall–Kier alpha value is -2.11. The second-order valence-corrected chi connectivity index (χ2v) is 10.8. The summed E-state index contributed by atoms with van der Waals surface area (Å²) in [5, 5.41) is 13.5. The van der Waals surface area contributed by atoms with Crippen molar-refractivity contribution in [2.75, 3.05) is 6.54 Å². The maximum absolute atomic E-state index is 6.40. The van der Waals surface area contributed by atoms with E-state index in [1.54, 1.807) is 0 Å². The van der Waals surface area contributed by atoms with Crippen molar-refractivity contribution >= 4 is 11.6 Å². The summed E-state index contributed by atoms with van der Waals surface area (Å²) in [7, 11) is 0. The Balaban J connectivity index is 1.28. The molecule has 2 aromatic rings. The summed E-state index contributed by atoms with van der Waals surface area (Å²) in [5.74, 6) is 3.90. The molecular formula is C26H33ClN4O. The van der Waals surface area contributed by atoms with E-state index in [0.29, 0.717) is 11.8 Å². The van der Waals surface area contributed by atoms with Crippen molar-refractivity contribution < 1.29 is 4.74 Å². The van der Waals surface area contributed by atoms with Crippen molar-refractivity contribution in [3.05, 3.63) is 64.7 Å². The van der Waals surface area contributed by atoms with E-state index in [1.807, 2.05) is 6.08 Å². The predicted molar refractivity (Wildman–Crippen MR) is 128 cm³/mol. The first-order chi connectivity index (χ1) is 15.4. The number of rotatable bonds is 3. The Morgan fingerprint density at radius 1 is 1.12 bits per heavy atom. The maximum Gasteiger partial charge on any atom is 0.147 e. The molecule has 2 heterocycles. The van der Waals surface area contributed by atoms with E-state index in [2.05, 4.69) is 77.3 Å². The highest BCUT2D eigenvalue weighted by Crippen LogP contribution is 2.39. The van der Waals surface area contributed by atoms with Gasteiger partial charge in [-0.15, -0.1) is 10.2 Å². The molecule has 0 spiro atoms. The fourth-order valence-electron chi connectivity index (χ4n) is 5.23. The third-order valence-corrected chi connectivity index (χ3v) is 7.31. The Kier molecular flexibility index (Phi) is 5.89. The van der Waals surface area contributed by atoms with E-state index < -0.39 is 0 Å². The zero-order valence-electron chi connectivity index (χ0n) is 19.2. The summed E-state index contributed by atoms with van der Waals surface area (Å²) in [6.07, 6.45) is 10.9. The lowest BCUT2D eigenvalue weighted by molar-refractivity contribution is 0.143. The predicted octanol–water partition coefficient (Wildman–Crippen LogP) is 5.63. The molecule has 0 bridgehead atoms. The number of hydrogen-bond donors (Lipinski definition) is 1. The first-order valence-electron chi connectivity index (χ1n) is 11.9. The molecule has 1 fully saturated rings. The van der Waals surface area contributed by atoms with Gasteiger partial charge in [-0.2, -0.15) is 0 Å². The van der Waals surface area contributed by atoms with Gasteiger partial charge in [0.05, 0.1) is 18.7 Å². The van der Waals surface area contributed by atoms with Gasteiger partial charge in [-0.05, 0) is 54.9 Å². The van der Waals surface area contributed by atoms with Crippen molar-refractivity contribution in [1.29, 1.82) is 0 Å².